The summed E-state index contributed by atoms with van der Waals surface area (Å²) in [6.45, 7) is 7.20. The van der Waals surface area contributed by atoms with E-state index in [9.17, 15) is 0 Å². The second-order valence-electron chi connectivity index (χ2n) is 6.45. The second-order valence-corrected chi connectivity index (χ2v) is 6.45. The largest absolute Gasteiger partial charge is 0.0622 e. The zero-order valence-electron chi connectivity index (χ0n) is 12.1. The van der Waals surface area contributed by atoms with Crippen LogP contribution < -0.4 is 0 Å². The molecule has 0 spiro atoms. The maximum atomic E-state index is 2.40. The number of rotatable bonds is 1. The summed E-state index contributed by atoms with van der Waals surface area (Å²) >= 11 is 0. The third-order valence-electron chi connectivity index (χ3n) is 4.76. The zero-order chi connectivity index (χ0) is 13.5. The number of hydrogen-bond acceptors (Lipinski definition) is 0. The number of fused-ring (bicyclic) bond motifs is 1. The standard InChI is InChI=1S/C19H22/c1-14-13-16-11-7-8-12-17(16)19(2,3)18(14)15-9-5-4-6-10-15/h4-12,14,18H,13H2,1-3H3/t14-,18-/m1/s1. The Morgan fingerprint density at radius 2 is 1.53 bits per heavy atom. The van der Waals surface area contributed by atoms with Gasteiger partial charge in [-0.15, -0.1) is 0 Å². The molecule has 1 aliphatic carbocycles. The third-order valence-corrected chi connectivity index (χ3v) is 4.76. The molecule has 0 saturated carbocycles. The van der Waals surface area contributed by atoms with Crippen molar-refractivity contribution in [1.82, 2.24) is 0 Å². The van der Waals surface area contributed by atoms with Gasteiger partial charge in [-0.1, -0.05) is 75.4 Å². The highest BCUT2D eigenvalue weighted by atomic mass is 14.4. The van der Waals surface area contributed by atoms with Gasteiger partial charge in [0.2, 0.25) is 0 Å². The van der Waals surface area contributed by atoms with Crippen LogP contribution in [-0.2, 0) is 11.8 Å². The lowest BCUT2D eigenvalue weighted by Gasteiger charge is -2.44. The topological polar surface area (TPSA) is 0 Å². The normalized spacial score (nSPS) is 24.8. The van der Waals surface area contributed by atoms with Crippen LogP contribution >= 0.6 is 0 Å². The Bertz CT molecular complexity index is 566. The molecule has 0 radical (unpaired) electrons. The van der Waals surface area contributed by atoms with Crippen LogP contribution in [0.3, 0.4) is 0 Å². The van der Waals surface area contributed by atoms with E-state index in [1.54, 1.807) is 0 Å². The van der Waals surface area contributed by atoms with Crippen molar-refractivity contribution in [3.05, 3.63) is 71.3 Å². The van der Waals surface area contributed by atoms with Crippen LogP contribution in [0.1, 0.15) is 43.4 Å². The molecule has 0 nitrogen and oxygen atoms in total. The highest BCUT2D eigenvalue weighted by Crippen LogP contribution is 2.49. The maximum absolute atomic E-state index is 2.40. The lowest BCUT2D eigenvalue weighted by molar-refractivity contribution is 0.285. The van der Waals surface area contributed by atoms with Gasteiger partial charge in [-0.25, -0.2) is 0 Å². The molecule has 0 heterocycles. The lowest BCUT2D eigenvalue weighted by Crippen LogP contribution is -2.37. The molecule has 0 bridgehead atoms. The first-order valence-corrected chi connectivity index (χ1v) is 7.24. The van der Waals surface area contributed by atoms with E-state index in [-0.39, 0.29) is 5.41 Å². The average Bonchev–Trinajstić information content (AvgIpc) is 2.39. The molecule has 0 fully saturated rings. The van der Waals surface area contributed by atoms with E-state index in [2.05, 4.69) is 75.4 Å². The predicted octanol–water partition coefficient (Wildman–Crippen LogP) is 4.94. The molecule has 2 atom stereocenters. The van der Waals surface area contributed by atoms with Gasteiger partial charge in [-0.2, -0.15) is 0 Å². The van der Waals surface area contributed by atoms with Crippen LogP contribution in [0.25, 0.3) is 0 Å². The summed E-state index contributed by atoms with van der Waals surface area (Å²) in [6, 6.07) is 20.0. The number of benzene rings is 2. The SMILES string of the molecule is C[C@@H]1Cc2ccccc2C(C)(C)[C@H]1c1ccccc1. The molecule has 2 aromatic carbocycles. The molecule has 3 rings (SSSR count). The molecule has 2 aromatic rings. The highest BCUT2D eigenvalue weighted by molar-refractivity contribution is 5.42. The average molecular weight is 250 g/mol. The first-order valence-electron chi connectivity index (χ1n) is 7.24. The van der Waals surface area contributed by atoms with E-state index in [1.807, 2.05) is 0 Å². The van der Waals surface area contributed by atoms with Gasteiger partial charge in [-0.3, -0.25) is 0 Å². The van der Waals surface area contributed by atoms with Crippen molar-refractivity contribution < 1.29 is 0 Å². The van der Waals surface area contributed by atoms with E-state index in [4.69, 9.17) is 0 Å². The summed E-state index contributed by atoms with van der Waals surface area (Å²) in [4.78, 5) is 0. The fourth-order valence-electron chi connectivity index (χ4n) is 4.08. The molecule has 0 saturated heterocycles. The zero-order valence-corrected chi connectivity index (χ0v) is 12.1. The quantitative estimate of drug-likeness (QED) is 0.672. The highest BCUT2D eigenvalue weighted by Gasteiger charge is 2.40. The van der Waals surface area contributed by atoms with Crippen molar-refractivity contribution in [1.29, 1.82) is 0 Å². The lowest BCUT2D eigenvalue weighted by atomic mass is 9.59. The Kier molecular flexibility index (Phi) is 2.97. The summed E-state index contributed by atoms with van der Waals surface area (Å²) in [6.07, 6.45) is 1.19. The molecule has 0 amide bonds. The molecule has 0 unspecified atom stereocenters. The van der Waals surface area contributed by atoms with Crippen LogP contribution in [0.15, 0.2) is 54.6 Å². The Balaban J connectivity index is 2.12. The summed E-state index contributed by atoms with van der Waals surface area (Å²) in [5, 5.41) is 0. The van der Waals surface area contributed by atoms with E-state index < -0.39 is 0 Å². The van der Waals surface area contributed by atoms with Crippen molar-refractivity contribution in [3.8, 4) is 0 Å². The minimum absolute atomic E-state index is 0.204. The van der Waals surface area contributed by atoms with Crippen molar-refractivity contribution >= 4 is 0 Å². The van der Waals surface area contributed by atoms with Gasteiger partial charge in [0.05, 0.1) is 0 Å². The van der Waals surface area contributed by atoms with Gasteiger partial charge >= 0.3 is 0 Å². The van der Waals surface area contributed by atoms with Gasteiger partial charge in [0.25, 0.3) is 0 Å². The van der Waals surface area contributed by atoms with E-state index in [0.29, 0.717) is 11.8 Å². The minimum Gasteiger partial charge on any atom is -0.0622 e. The molecule has 0 aromatic heterocycles. The molecular formula is C19H22. The first kappa shape index (κ1) is 12.5. The Hall–Kier alpha value is -1.56. The van der Waals surface area contributed by atoms with Crippen LogP contribution in [0, 0.1) is 5.92 Å². The molecule has 0 heteroatoms. The smallest absolute Gasteiger partial charge is 0.00295 e. The van der Waals surface area contributed by atoms with Crippen LogP contribution in [0.4, 0.5) is 0 Å². The molecular weight excluding hydrogens is 228 g/mol. The van der Waals surface area contributed by atoms with E-state index in [0.717, 1.165) is 0 Å². The Morgan fingerprint density at radius 1 is 0.895 bits per heavy atom. The molecule has 98 valence electrons. The van der Waals surface area contributed by atoms with Crippen LogP contribution in [0.2, 0.25) is 0 Å². The van der Waals surface area contributed by atoms with Crippen molar-refractivity contribution in [2.75, 3.05) is 0 Å². The van der Waals surface area contributed by atoms with Crippen molar-refractivity contribution in [3.63, 3.8) is 0 Å². The minimum atomic E-state index is 0.204. The second kappa shape index (κ2) is 4.52. The molecule has 0 N–H and O–H groups in total. The summed E-state index contributed by atoms with van der Waals surface area (Å²) in [5.41, 5.74) is 4.75. The summed E-state index contributed by atoms with van der Waals surface area (Å²) in [5.74, 6) is 1.29. The monoisotopic (exact) mass is 250 g/mol. The van der Waals surface area contributed by atoms with Crippen molar-refractivity contribution in [2.45, 2.75) is 38.5 Å². The van der Waals surface area contributed by atoms with Crippen LogP contribution in [-0.4, -0.2) is 0 Å². The van der Waals surface area contributed by atoms with E-state index >= 15 is 0 Å². The van der Waals surface area contributed by atoms with Gasteiger partial charge in [0, 0.05) is 0 Å². The molecule has 0 aliphatic heterocycles. The maximum Gasteiger partial charge on any atom is -0.00295 e. The summed E-state index contributed by atoms with van der Waals surface area (Å²) < 4.78 is 0. The van der Waals surface area contributed by atoms with Crippen LogP contribution in [0.5, 0.6) is 0 Å². The first-order chi connectivity index (χ1) is 9.10. The summed E-state index contributed by atoms with van der Waals surface area (Å²) in [7, 11) is 0. The van der Waals surface area contributed by atoms with E-state index in [1.165, 1.54) is 23.1 Å². The fraction of sp³-hybridized carbons (Fsp3) is 0.368. The van der Waals surface area contributed by atoms with Gasteiger partial charge in [-0.05, 0) is 40.4 Å². The van der Waals surface area contributed by atoms with Gasteiger partial charge < -0.3 is 0 Å². The van der Waals surface area contributed by atoms with Gasteiger partial charge in [0.1, 0.15) is 0 Å². The Labute approximate surface area is 116 Å². The third kappa shape index (κ3) is 2.00. The molecule has 1 aliphatic rings. The number of hydrogen-bond donors (Lipinski definition) is 0. The van der Waals surface area contributed by atoms with Crippen molar-refractivity contribution in [2.24, 2.45) is 5.92 Å². The Morgan fingerprint density at radius 3 is 2.26 bits per heavy atom. The van der Waals surface area contributed by atoms with Gasteiger partial charge in [0.15, 0.2) is 0 Å². The fourth-order valence-corrected chi connectivity index (χ4v) is 4.08. The molecule has 19 heavy (non-hydrogen) atoms. The predicted molar refractivity (Wildman–Crippen MR) is 81.5 cm³/mol.